The van der Waals surface area contributed by atoms with E-state index in [0.29, 0.717) is 11.7 Å². The molecular weight excluding hydrogens is 376 g/mol. The van der Waals surface area contributed by atoms with Crippen LogP contribution in [0.3, 0.4) is 0 Å². The summed E-state index contributed by atoms with van der Waals surface area (Å²) >= 11 is 0. The van der Waals surface area contributed by atoms with Gasteiger partial charge >= 0.3 is 0 Å². The lowest BCUT2D eigenvalue weighted by molar-refractivity contribution is 0.453. The van der Waals surface area contributed by atoms with Crippen molar-refractivity contribution in [2.75, 3.05) is 0 Å². The first-order valence-electron chi connectivity index (χ1n) is 11.1. The number of phenols is 1. The summed E-state index contributed by atoms with van der Waals surface area (Å²) in [6, 6.07) is 25.5. The molecule has 0 saturated carbocycles. The molecule has 1 N–H and O–H groups in total. The Morgan fingerprint density at radius 1 is 0.710 bits per heavy atom. The highest BCUT2D eigenvalue weighted by Gasteiger charge is 2.30. The SMILES string of the molecule is CC(C)(c1ccccc1)c1cc(C2C=CC=CC2)cc(C(C)(C)c2ccccc2O)c1. The summed E-state index contributed by atoms with van der Waals surface area (Å²) < 4.78 is 0. The molecule has 0 aliphatic heterocycles. The summed E-state index contributed by atoms with van der Waals surface area (Å²) in [5.74, 6) is 0.720. The predicted octanol–water partition coefficient (Wildman–Crippen LogP) is 7.64. The predicted molar refractivity (Wildman–Crippen MR) is 131 cm³/mol. The van der Waals surface area contributed by atoms with E-state index in [1.807, 2.05) is 18.2 Å². The van der Waals surface area contributed by atoms with Gasteiger partial charge in [-0.1, -0.05) is 119 Å². The Morgan fingerprint density at radius 3 is 2.00 bits per heavy atom. The van der Waals surface area contributed by atoms with Crippen molar-refractivity contribution in [2.24, 2.45) is 0 Å². The Hall–Kier alpha value is -3.06. The number of aromatic hydroxyl groups is 1. The average Bonchev–Trinajstić information content (AvgIpc) is 2.80. The molecule has 1 nitrogen and oxygen atoms in total. The van der Waals surface area contributed by atoms with Crippen LogP contribution in [-0.2, 0) is 10.8 Å². The number of hydrogen-bond donors (Lipinski definition) is 1. The molecule has 3 aromatic rings. The average molecular weight is 409 g/mol. The molecule has 1 unspecified atom stereocenters. The number of para-hydroxylation sites is 1. The lowest BCUT2D eigenvalue weighted by atomic mass is 9.71. The van der Waals surface area contributed by atoms with E-state index in [2.05, 4.69) is 101 Å². The highest BCUT2D eigenvalue weighted by molar-refractivity contribution is 5.51. The maximum Gasteiger partial charge on any atom is 0.119 e. The molecule has 1 aliphatic carbocycles. The Balaban J connectivity index is 1.89. The van der Waals surface area contributed by atoms with Crippen LogP contribution in [0.15, 0.2) is 97.1 Å². The summed E-state index contributed by atoms with van der Waals surface area (Å²) in [4.78, 5) is 0. The maximum absolute atomic E-state index is 10.6. The third-order valence-electron chi connectivity index (χ3n) is 6.88. The van der Waals surface area contributed by atoms with Gasteiger partial charge in [0, 0.05) is 22.3 Å². The van der Waals surface area contributed by atoms with Crippen LogP contribution < -0.4 is 0 Å². The maximum atomic E-state index is 10.6. The Morgan fingerprint density at radius 2 is 1.35 bits per heavy atom. The van der Waals surface area contributed by atoms with Gasteiger partial charge in [0.25, 0.3) is 0 Å². The van der Waals surface area contributed by atoms with E-state index >= 15 is 0 Å². The fourth-order valence-electron chi connectivity index (χ4n) is 4.59. The second kappa shape index (κ2) is 8.23. The van der Waals surface area contributed by atoms with Gasteiger partial charge in [0.1, 0.15) is 5.75 Å². The highest BCUT2D eigenvalue weighted by atomic mass is 16.3. The minimum atomic E-state index is -0.322. The van der Waals surface area contributed by atoms with Gasteiger partial charge in [-0.3, -0.25) is 0 Å². The summed E-state index contributed by atoms with van der Waals surface area (Å²) in [5.41, 5.74) is 5.67. The second-order valence-corrected chi connectivity index (χ2v) is 9.63. The molecular formula is C30H32O. The third-order valence-corrected chi connectivity index (χ3v) is 6.88. The van der Waals surface area contributed by atoms with Gasteiger partial charge in [0.15, 0.2) is 0 Å². The van der Waals surface area contributed by atoms with Gasteiger partial charge in [0.05, 0.1) is 0 Å². The first kappa shape index (κ1) is 21.2. The van der Waals surface area contributed by atoms with Crippen LogP contribution in [0.2, 0.25) is 0 Å². The van der Waals surface area contributed by atoms with Crippen molar-refractivity contribution >= 4 is 0 Å². The number of hydrogen-bond acceptors (Lipinski definition) is 1. The first-order chi connectivity index (χ1) is 14.8. The normalized spacial score (nSPS) is 16.5. The lowest BCUT2D eigenvalue weighted by Crippen LogP contribution is -2.24. The molecule has 0 fully saturated rings. The van der Waals surface area contributed by atoms with Crippen LogP contribution in [-0.4, -0.2) is 5.11 Å². The minimum absolute atomic E-state index is 0.130. The van der Waals surface area contributed by atoms with Crippen LogP contribution in [0.1, 0.15) is 67.9 Å². The minimum Gasteiger partial charge on any atom is -0.508 e. The first-order valence-corrected chi connectivity index (χ1v) is 11.1. The molecule has 3 aromatic carbocycles. The molecule has 0 saturated heterocycles. The van der Waals surface area contributed by atoms with Crippen LogP contribution >= 0.6 is 0 Å². The van der Waals surface area contributed by atoms with Crippen molar-refractivity contribution < 1.29 is 5.11 Å². The van der Waals surface area contributed by atoms with Crippen molar-refractivity contribution in [1.82, 2.24) is 0 Å². The van der Waals surface area contributed by atoms with Gasteiger partial charge in [-0.15, -0.1) is 0 Å². The van der Waals surface area contributed by atoms with Crippen molar-refractivity contribution in [2.45, 2.75) is 50.9 Å². The number of rotatable bonds is 5. The summed E-state index contributed by atoms with van der Waals surface area (Å²) in [7, 11) is 0. The number of allylic oxidation sites excluding steroid dienone is 4. The summed E-state index contributed by atoms with van der Waals surface area (Å²) in [6.07, 6.45) is 9.83. The molecule has 1 aliphatic rings. The van der Waals surface area contributed by atoms with E-state index in [4.69, 9.17) is 0 Å². The van der Waals surface area contributed by atoms with Gasteiger partial charge in [0.2, 0.25) is 0 Å². The molecule has 31 heavy (non-hydrogen) atoms. The van der Waals surface area contributed by atoms with Crippen molar-refractivity contribution in [3.63, 3.8) is 0 Å². The Labute approximate surface area is 186 Å². The summed E-state index contributed by atoms with van der Waals surface area (Å²) in [6.45, 7) is 9.01. The molecule has 0 amide bonds. The number of phenolic OH excluding ortho intramolecular Hbond substituents is 1. The zero-order valence-electron chi connectivity index (χ0n) is 19.0. The molecule has 0 spiro atoms. The van der Waals surface area contributed by atoms with Gasteiger partial charge in [-0.2, -0.15) is 0 Å². The van der Waals surface area contributed by atoms with E-state index < -0.39 is 0 Å². The molecule has 4 rings (SSSR count). The standard InChI is InChI=1S/C30H32O/c1-29(2,24-15-9-6-10-16-24)25-19-23(22-13-7-5-8-14-22)20-26(21-25)30(3,4)27-17-11-12-18-28(27)31/h5-13,15-22,31H,14H2,1-4H3. The Bertz CT molecular complexity index is 1120. The van der Waals surface area contributed by atoms with Crippen molar-refractivity contribution in [3.05, 3.63) is 125 Å². The van der Waals surface area contributed by atoms with Gasteiger partial charge in [-0.25, -0.2) is 0 Å². The Kier molecular flexibility index (Phi) is 5.62. The van der Waals surface area contributed by atoms with Crippen LogP contribution in [0.4, 0.5) is 0 Å². The third kappa shape index (κ3) is 4.10. The van der Waals surface area contributed by atoms with E-state index in [-0.39, 0.29) is 10.8 Å². The molecule has 0 heterocycles. The quantitative estimate of drug-likeness (QED) is 0.460. The molecule has 1 heteroatoms. The van der Waals surface area contributed by atoms with E-state index in [0.717, 1.165) is 12.0 Å². The van der Waals surface area contributed by atoms with Crippen molar-refractivity contribution in [1.29, 1.82) is 0 Å². The lowest BCUT2D eigenvalue weighted by Gasteiger charge is -2.33. The van der Waals surface area contributed by atoms with E-state index in [1.165, 1.54) is 22.3 Å². The summed E-state index contributed by atoms with van der Waals surface area (Å²) in [5, 5.41) is 10.6. The molecule has 0 bridgehead atoms. The van der Waals surface area contributed by atoms with Gasteiger partial charge < -0.3 is 5.11 Å². The monoisotopic (exact) mass is 408 g/mol. The van der Waals surface area contributed by atoms with Crippen LogP contribution in [0.5, 0.6) is 5.75 Å². The largest absolute Gasteiger partial charge is 0.508 e. The highest BCUT2D eigenvalue weighted by Crippen LogP contribution is 2.41. The molecule has 0 aromatic heterocycles. The topological polar surface area (TPSA) is 20.2 Å². The van der Waals surface area contributed by atoms with Crippen LogP contribution in [0, 0.1) is 0 Å². The zero-order chi connectivity index (χ0) is 22.1. The van der Waals surface area contributed by atoms with E-state index in [1.54, 1.807) is 6.07 Å². The van der Waals surface area contributed by atoms with Gasteiger partial charge in [-0.05, 0) is 34.7 Å². The van der Waals surface area contributed by atoms with E-state index in [9.17, 15) is 5.11 Å². The molecule has 1 atom stereocenters. The van der Waals surface area contributed by atoms with Crippen LogP contribution in [0.25, 0.3) is 0 Å². The van der Waals surface area contributed by atoms with Crippen molar-refractivity contribution in [3.8, 4) is 5.75 Å². The smallest absolute Gasteiger partial charge is 0.119 e. The fourth-order valence-corrected chi connectivity index (χ4v) is 4.59. The number of benzene rings is 3. The fraction of sp³-hybridized carbons (Fsp3) is 0.267. The zero-order valence-corrected chi connectivity index (χ0v) is 19.0. The second-order valence-electron chi connectivity index (χ2n) is 9.63. The molecule has 158 valence electrons. The molecule has 0 radical (unpaired) electrons.